The molecule has 3 rings (SSSR count). The van der Waals surface area contributed by atoms with E-state index in [1.807, 2.05) is 0 Å². The zero-order valence-corrected chi connectivity index (χ0v) is 13.5. The molecule has 1 aromatic heterocycles. The minimum Gasteiger partial charge on any atom is -0.321 e. The number of para-hydroxylation sites is 1. The summed E-state index contributed by atoms with van der Waals surface area (Å²) in [5.41, 5.74) is 0.412. The number of hydrogen-bond acceptors (Lipinski definition) is 4. The molecule has 128 valence electrons. The van der Waals surface area contributed by atoms with Crippen molar-refractivity contribution in [2.24, 2.45) is 0 Å². The van der Waals surface area contributed by atoms with Gasteiger partial charge in [-0.3, -0.25) is 14.6 Å². The van der Waals surface area contributed by atoms with Gasteiger partial charge in [0.15, 0.2) is 5.69 Å². The van der Waals surface area contributed by atoms with Crippen LogP contribution in [-0.2, 0) is 10.0 Å². The molecule has 0 spiro atoms. The molecule has 2 aromatic carbocycles. The largest absolute Gasteiger partial charge is 0.321 e. The number of anilines is 2. The number of sulfonamides is 1. The van der Waals surface area contributed by atoms with E-state index in [2.05, 4.69) is 20.2 Å². The number of aromatic nitrogens is 2. The summed E-state index contributed by atoms with van der Waals surface area (Å²) in [6.07, 6.45) is 1.25. The normalized spacial score (nSPS) is 11.1. The number of rotatable bonds is 5. The molecule has 25 heavy (non-hydrogen) atoms. The fraction of sp³-hybridized carbons (Fsp3) is 0. The highest BCUT2D eigenvalue weighted by atomic mass is 32.2. The lowest BCUT2D eigenvalue weighted by molar-refractivity contribution is 0.102. The summed E-state index contributed by atoms with van der Waals surface area (Å²) in [4.78, 5) is 12.2. The first-order valence-corrected chi connectivity index (χ1v) is 8.62. The Labute approximate surface area is 142 Å². The van der Waals surface area contributed by atoms with E-state index in [0.29, 0.717) is 5.69 Å². The number of nitrogens with zero attached hydrogens (tertiary/aromatic N) is 1. The van der Waals surface area contributed by atoms with Crippen molar-refractivity contribution >= 4 is 27.3 Å². The van der Waals surface area contributed by atoms with Crippen LogP contribution in [0.3, 0.4) is 0 Å². The third-order valence-corrected chi connectivity index (χ3v) is 4.64. The molecule has 0 aliphatic rings. The lowest BCUT2D eigenvalue weighted by Crippen LogP contribution is -2.18. The minimum atomic E-state index is -3.99. The van der Waals surface area contributed by atoms with Gasteiger partial charge in [0, 0.05) is 11.9 Å². The van der Waals surface area contributed by atoms with Crippen LogP contribution in [0.15, 0.2) is 65.7 Å². The van der Waals surface area contributed by atoms with Gasteiger partial charge in [0.2, 0.25) is 0 Å². The monoisotopic (exact) mass is 360 g/mol. The smallest absolute Gasteiger partial charge is 0.278 e. The topological polar surface area (TPSA) is 104 Å². The number of nitrogens with one attached hydrogen (secondary N) is 3. The summed E-state index contributed by atoms with van der Waals surface area (Å²) in [5, 5.41) is 8.84. The molecule has 0 saturated carbocycles. The van der Waals surface area contributed by atoms with Crippen molar-refractivity contribution < 1.29 is 17.6 Å². The molecule has 0 atom stereocenters. The van der Waals surface area contributed by atoms with Gasteiger partial charge in [-0.15, -0.1) is 0 Å². The Morgan fingerprint density at radius 2 is 1.72 bits per heavy atom. The predicted molar refractivity (Wildman–Crippen MR) is 90.2 cm³/mol. The molecule has 3 aromatic rings. The number of carbonyl (C=O) groups excluding carboxylic acids is 1. The third kappa shape index (κ3) is 3.83. The molecular weight excluding hydrogens is 347 g/mol. The first-order valence-electron chi connectivity index (χ1n) is 7.14. The minimum absolute atomic E-state index is 0.0160. The van der Waals surface area contributed by atoms with E-state index in [1.54, 1.807) is 30.3 Å². The Morgan fingerprint density at radius 1 is 1.04 bits per heavy atom. The van der Waals surface area contributed by atoms with Gasteiger partial charge < -0.3 is 5.32 Å². The molecule has 0 saturated heterocycles. The maximum atomic E-state index is 12.9. The zero-order valence-electron chi connectivity index (χ0n) is 12.7. The number of H-pyrrole nitrogens is 1. The quantitative estimate of drug-likeness (QED) is 0.650. The summed E-state index contributed by atoms with van der Waals surface area (Å²) in [6.45, 7) is 0. The molecule has 9 heteroatoms. The lowest BCUT2D eigenvalue weighted by atomic mass is 10.3. The Morgan fingerprint density at radius 3 is 2.40 bits per heavy atom. The maximum absolute atomic E-state index is 12.9. The molecule has 0 aliphatic heterocycles. The number of hydrogen-bond donors (Lipinski definition) is 3. The average Bonchev–Trinajstić information content (AvgIpc) is 3.03. The van der Waals surface area contributed by atoms with Crippen molar-refractivity contribution in [2.75, 3.05) is 10.0 Å². The van der Waals surface area contributed by atoms with E-state index < -0.39 is 21.7 Å². The van der Waals surface area contributed by atoms with Gasteiger partial charge in [-0.05, 0) is 36.4 Å². The molecule has 7 nitrogen and oxygen atoms in total. The average molecular weight is 360 g/mol. The van der Waals surface area contributed by atoms with Crippen LogP contribution in [0.4, 0.5) is 15.8 Å². The second-order valence-electron chi connectivity index (χ2n) is 5.03. The Kier molecular flexibility index (Phi) is 4.48. The van der Waals surface area contributed by atoms with E-state index in [9.17, 15) is 17.6 Å². The van der Waals surface area contributed by atoms with E-state index in [-0.39, 0.29) is 16.3 Å². The highest BCUT2D eigenvalue weighted by molar-refractivity contribution is 7.92. The van der Waals surface area contributed by atoms with Crippen LogP contribution in [0.1, 0.15) is 10.5 Å². The van der Waals surface area contributed by atoms with Crippen LogP contribution in [0.2, 0.25) is 0 Å². The summed E-state index contributed by atoms with van der Waals surface area (Å²) in [5.74, 6) is -1.13. The van der Waals surface area contributed by atoms with E-state index in [4.69, 9.17) is 0 Å². The second kappa shape index (κ2) is 6.73. The van der Waals surface area contributed by atoms with Crippen LogP contribution < -0.4 is 10.0 Å². The van der Waals surface area contributed by atoms with Crippen molar-refractivity contribution in [3.63, 3.8) is 0 Å². The van der Waals surface area contributed by atoms with Gasteiger partial charge >= 0.3 is 0 Å². The van der Waals surface area contributed by atoms with Crippen LogP contribution >= 0.6 is 0 Å². The molecule has 1 amide bonds. The standard InChI is InChI=1S/C16H13FN4O3S/c17-11-6-8-13(9-7-11)25(23,24)21-14-10-18-20-15(14)16(22)19-12-4-2-1-3-5-12/h1-10,21H,(H,18,20)(H,19,22). The van der Waals surface area contributed by atoms with Gasteiger partial charge in [0.25, 0.3) is 15.9 Å². The summed E-state index contributed by atoms with van der Waals surface area (Å²) in [7, 11) is -3.99. The predicted octanol–water partition coefficient (Wildman–Crippen LogP) is 2.60. The molecule has 0 fully saturated rings. The van der Waals surface area contributed by atoms with Crippen LogP contribution in [0, 0.1) is 5.82 Å². The molecular formula is C16H13FN4O3S. The van der Waals surface area contributed by atoms with Gasteiger partial charge in [-0.25, -0.2) is 12.8 Å². The van der Waals surface area contributed by atoms with Crippen molar-refractivity contribution in [1.29, 1.82) is 0 Å². The molecule has 0 unspecified atom stereocenters. The van der Waals surface area contributed by atoms with E-state index in [1.165, 1.54) is 6.20 Å². The maximum Gasteiger partial charge on any atom is 0.278 e. The number of amides is 1. The van der Waals surface area contributed by atoms with Gasteiger partial charge in [0.1, 0.15) is 5.82 Å². The highest BCUT2D eigenvalue weighted by Crippen LogP contribution is 2.19. The Bertz CT molecular complexity index is 986. The zero-order chi connectivity index (χ0) is 17.9. The summed E-state index contributed by atoms with van der Waals surface area (Å²) in [6, 6.07) is 13.0. The molecule has 3 N–H and O–H groups in total. The van der Waals surface area contributed by atoms with Crippen LogP contribution in [-0.4, -0.2) is 24.5 Å². The summed E-state index contributed by atoms with van der Waals surface area (Å²) < 4.78 is 39.9. The summed E-state index contributed by atoms with van der Waals surface area (Å²) >= 11 is 0. The van der Waals surface area contributed by atoms with E-state index in [0.717, 1.165) is 24.3 Å². The van der Waals surface area contributed by atoms with Gasteiger partial charge in [-0.1, -0.05) is 18.2 Å². The van der Waals surface area contributed by atoms with Crippen molar-refractivity contribution in [2.45, 2.75) is 4.90 Å². The Hall–Kier alpha value is -3.20. The van der Waals surface area contributed by atoms with Crippen molar-refractivity contribution in [3.8, 4) is 0 Å². The number of halogens is 1. The molecule has 0 aliphatic carbocycles. The van der Waals surface area contributed by atoms with Gasteiger partial charge in [-0.2, -0.15) is 5.10 Å². The van der Waals surface area contributed by atoms with Crippen LogP contribution in [0.5, 0.6) is 0 Å². The lowest BCUT2D eigenvalue weighted by Gasteiger charge is -2.08. The fourth-order valence-corrected chi connectivity index (χ4v) is 3.13. The fourth-order valence-electron chi connectivity index (χ4n) is 2.07. The van der Waals surface area contributed by atoms with Crippen molar-refractivity contribution in [1.82, 2.24) is 10.2 Å². The second-order valence-corrected chi connectivity index (χ2v) is 6.71. The highest BCUT2D eigenvalue weighted by Gasteiger charge is 2.21. The van der Waals surface area contributed by atoms with Crippen LogP contribution in [0.25, 0.3) is 0 Å². The number of benzene rings is 2. The Balaban J connectivity index is 1.82. The number of carbonyl (C=O) groups is 1. The third-order valence-electron chi connectivity index (χ3n) is 3.26. The first kappa shape index (κ1) is 16.7. The number of aromatic amines is 1. The first-order chi connectivity index (χ1) is 12.0. The molecule has 0 radical (unpaired) electrons. The van der Waals surface area contributed by atoms with Gasteiger partial charge in [0.05, 0.1) is 10.6 Å². The SMILES string of the molecule is O=C(Nc1ccccc1)c1n[nH]cc1NS(=O)(=O)c1ccc(F)cc1. The van der Waals surface area contributed by atoms with Crippen molar-refractivity contribution in [3.05, 3.63) is 72.3 Å². The molecule has 1 heterocycles. The molecule has 0 bridgehead atoms. The van der Waals surface area contributed by atoms with E-state index >= 15 is 0 Å².